The maximum Gasteiger partial charge on any atom is 0.340 e. The van der Waals surface area contributed by atoms with Gasteiger partial charge in [0.25, 0.3) is 0 Å². The van der Waals surface area contributed by atoms with Crippen molar-refractivity contribution < 1.29 is 9.53 Å². The lowest BCUT2D eigenvalue weighted by molar-refractivity contribution is 0.0276. The molecule has 0 N–H and O–H groups in total. The van der Waals surface area contributed by atoms with Crippen LogP contribution in [0.25, 0.3) is 27.4 Å². The normalized spacial score (nSPS) is 15.9. The number of carbonyl (C=O) groups is 1. The van der Waals surface area contributed by atoms with E-state index in [4.69, 9.17) is 4.74 Å². The van der Waals surface area contributed by atoms with Gasteiger partial charge in [-0.05, 0) is 81.8 Å². The van der Waals surface area contributed by atoms with Gasteiger partial charge in [0.1, 0.15) is 0 Å². The lowest BCUT2D eigenvalue weighted by Gasteiger charge is -2.29. The Hall–Kier alpha value is -5.03. The summed E-state index contributed by atoms with van der Waals surface area (Å²) in [5.74, 6) is -0.311. The number of anilines is 1. The minimum Gasteiger partial charge on any atom is -0.441 e. The molecule has 3 heterocycles. The highest BCUT2D eigenvalue weighted by Gasteiger charge is 2.46. The van der Waals surface area contributed by atoms with Gasteiger partial charge in [0.05, 0.1) is 5.56 Å². The van der Waals surface area contributed by atoms with Gasteiger partial charge in [-0.25, -0.2) is 4.79 Å². The summed E-state index contributed by atoms with van der Waals surface area (Å²) in [6.45, 7) is 8.67. The summed E-state index contributed by atoms with van der Waals surface area (Å²) in [7, 11) is 8.33. The van der Waals surface area contributed by atoms with Crippen molar-refractivity contribution in [2.24, 2.45) is 14.1 Å². The van der Waals surface area contributed by atoms with E-state index < -0.39 is 5.60 Å². The van der Waals surface area contributed by atoms with Gasteiger partial charge in [0.2, 0.25) is 0 Å². The predicted octanol–water partition coefficient (Wildman–Crippen LogP) is 8.52. The van der Waals surface area contributed by atoms with E-state index in [1.165, 1.54) is 32.9 Å². The van der Waals surface area contributed by atoms with Crippen molar-refractivity contribution in [1.82, 2.24) is 9.13 Å². The fraction of sp³-hybridized carbons (Fsp3) is 0.225. The minimum absolute atomic E-state index is 0.311. The molecule has 2 aromatic heterocycles. The first-order chi connectivity index (χ1) is 21.5. The van der Waals surface area contributed by atoms with Crippen molar-refractivity contribution in [3.05, 3.63) is 141 Å². The number of benzene rings is 4. The van der Waals surface area contributed by atoms with Crippen molar-refractivity contribution >= 4 is 39.0 Å². The summed E-state index contributed by atoms with van der Waals surface area (Å²) in [5.41, 5.74) is 12.7. The molecular weight excluding hydrogens is 554 g/mol. The van der Waals surface area contributed by atoms with Gasteiger partial charge in [-0.15, -0.1) is 0 Å². The maximum absolute atomic E-state index is 13.7. The van der Waals surface area contributed by atoms with Crippen LogP contribution in [0.5, 0.6) is 0 Å². The third-order valence-electron chi connectivity index (χ3n) is 9.79. The van der Waals surface area contributed by atoms with Crippen LogP contribution in [-0.4, -0.2) is 29.2 Å². The van der Waals surface area contributed by atoms with Crippen LogP contribution in [0.15, 0.2) is 91.0 Å². The second kappa shape index (κ2) is 10.3. The quantitative estimate of drug-likeness (QED) is 0.188. The van der Waals surface area contributed by atoms with Crippen LogP contribution in [0.1, 0.15) is 55.1 Å². The molecule has 6 aromatic rings. The molecule has 7 rings (SSSR count). The van der Waals surface area contributed by atoms with Crippen LogP contribution < -0.4 is 4.90 Å². The summed E-state index contributed by atoms with van der Waals surface area (Å²) in [6.07, 6.45) is 2.23. The first kappa shape index (κ1) is 28.7. The standard InChI is InChI=1S/C40H39N3O2/c1-24-13-19-35-31(21-24)37(26(3)42(35)7)33(38-27(4)43(8)36-20-14-25(2)22-32(36)38)23-40(28-15-17-29(18-16-28)41(5)6)34-12-10-9-11-30(34)39(44)45-40/h9-23H,1-8H3. The van der Waals surface area contributed by atoms with Gasteiger partial charge in [-0.2, -0.15) is 0 Å². The van der Waals surface area contributed by atoms with E-state index in [1.807, 2.05) is 38.4 Å². The Bertz CT molecular complexity index is 2100. The Balaban J connectivity index is 1.66. The highest BCUT2D eigenvalue weighted by atomic mass is 16.6. The Morgan fingerprint density at radius 3 is 1.80 bits per heavy atom. The monoisotopic (exact) mass is 593 g/mol. The van der Waals surface area contributed by atoms with E-state index in [2.05, 4.69) is 123 Å². The van der Waals surface area contributed by atoms with Gasteiger partial charge in [-0.3, -0.25) is 0 Å². The lowest BCUT2D eigenvalue weighted by atomic mass is 9.80. The first-order valence-corrected chi connectivity index (χ1v) is 15.5. The second-order valence-corrected chi connectivity index (χ2v) is 12.8. The molecule has 5 heteroatoms. The molecule has 0 spiro atoms. The Kier molecular flexibility index (Phi) is 6.55. The van der Waals surface area contributed by atoms with Gasteiger partial charge in [0, 0.05) is 89.3 Å². The van der Waals surface area contributed by atoms with Crippen LogP contribution in [-0.2, 0) is 24.4 Å². The van der Waals surface area contributed by atoms with E-state index >= 15 is 0 Å². The fourth-order valence-electron chi connectivity index (χ4n) is 7.18. The van der Waals surface area contributed by atoms with Crippen molar-refractivity contribution in [2.75, 3.05) is 19.0 Å². The molecule has 0 radical (unpaired) electrons. The third kappa shape index (κ3) is 4.25. The smallest absolute Gasteiger partial charge is 0.340 e. The number of fused-ring (bicyclic) bond motifs is 3. The molecule has 1 aliphatic heterocycles. The molecule has 1 atom stereocenters. The Morgan fingerprint density at radius 2 is 1.27 bits per heavy atom. The van der Waals surface area contributed by atoms with E-state index in [-0.39, 0.29) is 5.97 Å². The zero-order chi connectivity index (χ0) is 31.8. The van der Waals surface area contributed by atoms with Crippen LogP contribution in [0.2, 0.25) is 0 Å². The number of rotatable bonds is 5. The molecular formula is C40H39N3O2. The van der Waals surface area contributed by atoms with Crippen molar-refractivity contribution in [2.45, 2.75) is 33.3 Å². The number of carbonyl (C=O) groups excluding carboxylic acids is 1. The largest absolute Gasteiger partial charge is 0.441 e. The number of cyclic esters (lactones) is 1. The lowest BCUT2D eigenvalue weighted by Crippen LogP contribution is -2.26. The van der Waals surface area contributed by atoms with Crippen LogP contribution in [0.4, 0.5) is 5.69 Å². The number of hydrogen-bond acceptors (Lipinski definition) is 3. The first-order valence-electron chi connectivity index (χ1n) is 15.5. The SMILES string of the molecule is Cc1ccc2c(c1)c(C(=CC1(c3ccc(N(C)C)cc3)OC(=O)c3ccccc31)c1c(C)n(C)c3ccc(C)cc13)c(C)n2C. The Labute approximate surface area is 265 Å². The number of hydrogen-bond donors (Lipinski definition) is 0. The fourth-order valence-corrected chi connectivity index (χ4v) is 7.18. The van der Waals surface area contributed by atoms with Gasteiger partial charge < -0.3 is 18.8 Å². The van der Waals surface area contributed by atoms with Gasteiger partial charge in [-0.1, -0.05) is 53.6 Å². The van der Waals surface area contributed by atoms with E-state index in [1.54, 1.807) is 0 Å². The summed E-state index contributed by atoms with van der Waals surface area (Å²) in [5, 5.41) is 2.36. The summed E-state index contributed by atoms with van der Waals surface area (Å²) < 4.78 is 11.2. The highest BCUT2D eigenvalue weighted by molar-refractivity contribution is 6.07. The summed E-state index contributed by atoms with van der Waals surface area (Å²) in [4.78, 5) is 15.8. The Morgan fingerprint density at radius 1 is 0.733 bits per heavy atom. The molecule has 4 aromatic carbocycles. The molecule has 0 amide bonds. The molecule has 0 fully saturated rings. The van der Waals surface area contributed by atoms with Crippen molar-refractivity contribution in [3.8, 4) is 0 Å². The van der Waals surface area contributed by atoms with E-state index in [9.17, 15) is 4.79 Å². The molecule has 0 bridgehead atoms. The average molecular weight is 594 g/mol. The van der Waals surface area contributed by atoms with E-state index in [0.29, 0.717) is 5.56 Å². The zero-order valence-electron chi connectivity index (χ0n) is 27.3. The minimum atomic E-state index is -1.13. The number of ether oxygens (including phenoxy) is 1. The molecule has 45 heavy (non-hydrogen) atoms. The van der Waals surface area contributed by atoms with Crippen LogP contribution in [0.3, 0.4) is 0 Å². The average Bonchev–Trinajstić information content (AvgIpc) is 3.55. The molecule has 1 unspecified atom stereocenters. The summed E-state index contributed by atoms with van der Waals surface area (Å²) in [6, 6.07) is 29.5. The summed E-state index contributed by atoms with van der Waals surface area (Å²) >= 11 is 0. The zero-order valence-corrected chi connectivity index (χ0v) is 27.3. The van der Waals surface area contributed by atoms with Gasteiger partial charge >= 0.3 is 5.97 Å². The molecule has 0 saturated heterocycles. The molecule has 0 aliphatic carbocycles. The number of esters is 1. The van der Waals surface area contributed by atoms with Crippen molar-refractivity contribution in [1.29, 1.82) is 0 Å². The molecule has 226 valence electrons. The van der Waals surface area contributed by atoms with E-state index in [0.717, 1.165) is 44.9 Å². The number of nitrogens with zero attached hydrogens (tertiary/aromatic N) is 3. The molecule has 1 aliphatic rings. The third-order valence-corrected chi connectivity index (χ3v) is 9.79. The highest BCUT2D eigenvalue weighted by Crippen LogP contribution is 2.49. The maximum atomic E-state index is 13.7. The second-order valence-electron chi connectivity index (χ2n) is 12.8. The van der Waals surface area contributed by atoms with Crippen LogP contribution in [0, 0.1) is 27.7 Å². The molecule has 0 saturated carbocycles. The molecule has 5 nitrogen and oxygen atoms in total. The predicted molar refractivity (Wildman–Crippen MR) is 185 cm³/mol. The number of aryl methyl sites for hydroxylation is 4. The van der Waals surface area contributed by atoms with Gasteiger partial charge in [0.15, 0.2) is 5.60 Å². The topological polar surface area (TPSA) is 39.4 Å². The van der Waals surface area contributed by atoms with Crippen molar-refractivity contribution in [3.63, 3.8) is 0 Å². The number of aromatic nitrogens is 2. The van der Waals surface area contributed by atoms with Crippen LogP contribution >= 0.6 is 0 Å².